The molecule has 2 atom stereocenters. The maximum absolute atomic E-state index is 5.63. The molecular weight excluding hydrogens is 332 g/mol. The number of thiocarbonyl (C=S) groups is 1. The van der Waals surface area contributed by atoms with Crippen LogP contribution >= 0.6 is 28.1 Å². The minimum Gasteiger partial charge on any atom is -0.346 e. The van der Waals surface area contributed by atoms with Gasteiger partial charge in [-0.25, -0.2) is 0 Å². The molecule has 2 rings (SSSR count). The highest BCUT2D eigenvalue weighted by molar-refractivity contribution is 9.10. The highest BCUT2D eigenvalue weighted by Crippen LogP contribution is 2.26. The number of hydrogen-bond donors (Lipinski definition) is 1. The molecule has 1 aliphatic heterocycles. The molecule has 1 heterocycles. The summed E-state index contributed by atoms with van der Waals surface area (Å²) in [7, 11) is 0. The van der Waals surface area contributed by atoms with Crippen molar-refractivity contribution in [3.05, 3.63) is 28.2 Å². The third-order valence-corrected chi connectivity index (χ3v) is 5.08. The van der Waals surface area contributed by atoms with Crippen LogP contribution in [0.4, 0.5) is 5.69 Å². The summed E-state index contributed by atoms with van der Waals surface area (Å²) >= 11 is 9.12. The molecule has 0 unspecified atom stereocenters. The first-order valence-electron chi connectivity index (χ1n) is 7.35. The van der Waals surface area contributed by atoms with Crippen LogP contribution in [0.2, 0.25) is 0 Å². The van der Waals surface area contributed by atoms with Crippen LogP contribution in [0.5, 0.6) is 0 Å². The summed E-state index contributed by atoms with van der Waals surface area (Å²) in [5, 5.41) is 4.28. The lowest BCUT2D eigenvalue weighted by atomic mass is 9.92. The molecule has 0 aromatic heterocycles. The number of likely N-dealkylation sites (tertiary alicyclic amines) is 1. The molecule has 0 aliphatic carbocycles. The molecule has 0 bridgehead atoms. The van der Waals surface area contributed by atoms with E-state index in [9.17, 15) is 0 Å². The number of nitrogens with zero attached hydrogens (tertiary/aromatic N) is 1. The number of piperidine rings is 1. The second-order valence-electron chi connectivity index (χ2n) is 5.74. The average Bonchev–Trinajstić information content (AvgIpc) is 2.42. The Kier molecular flexibility index (Phi) is 5.44. The van der Waals surface area contributed by atoms with Crippen molar-refractivity contribution in [2.24, 2.45) is 5.92 Å². The Morgan fingerprint density at radius 1 is 1.45 bits per heavy atom. The summed E-state index contributed by atoms with van der Waals surface area (Å²) in [6.45, 7) is 7.73. The Labute approximate surface area is 136 Å². The molecule has 0 amide bonds. The fourth-order valence-electron chi connectivity index (χ4n) is 2.75. The van der Waals surface area contributed by atoms with Gasteiger partial charge >= 0.3 is 0 Å². The van der Waals surface area contributed by atoms with Gasteiger partial charge < -0.3 is 10.2 Å². The number of nitrogens with one attached hydrogen (secondary N) is 1. The Hall–Kier alpha value is -0.610. The topological polar surface area (TPSA) is 15.3 Å². The van der Waals surface area contributed by atoms with Gasteiger partial charge in [0.1, 0.15) is 0 Å². The van der Waals surface area contributed by atoms with Gasteiger partial charge in [-0.3, -0.25) is 0 Å². The van der Waals surface area contributed by atoms with Crippen LogP contribution < -0.4 is 5.32 Å². The van der Waals surface area contributed by atoms with Gasteiger partial charge in [0.05, 0.1) is 0 Å². The van der Waals surface area contributed by atoms with Crippen molar-refractivity contribution in [1.82, 2.24) is 4.90 Å². The van der Waals surface area contributed by atoms with E-state index in [1.54, 1.807) is 0 Å². The van der Waals surface area contributed by atoms with Crippen LogP contribution in [0.3, 0.4) is 0 Å². The van der Waals surface area contributed by atoms with Crippen LogP contribution in [0, 0.1) is 12.8 Å². The predicted molar refractivity (Wildman–Crippen MR) is 94.3 cm³/mol. The monoisotopic (exact) mass is 354 g/mol. The zero-order valence-electron chi connectivity index (χ0n) is 12.4. The summed E-state index contributed by atoms with van der Waals surface area (Å²) in [4.78, 5) is 2.36. The Balaban J connectivity index is 2.06. The van der Waals surface area contributed by atoms with Gasteiger partial charge in [0.2, 0.25) is 0 Å². The highest BCUT2D eigenvalue weighted by atomic mass is 79.9. The minimum atomic E-state index is 0.536. The average molecular weight is 355 g/mol. The number of aryl methyl sites for hydroxylation is 1. The number of halogens is 1. The van der Waals surface area contributed by atoms with Crippen molar-refractivity contribution in [1.29, 1.82) is 0 Å². The molecule has 110 valence electrons. The lowest BCUT2D eigenvalue weighted by Gasteiger charge is -2.39. The number of anilines is 1. The first-order valence-corrected chi connectivity index (χ1v) is 8.55. The van der Waals surface area contributed by atoms with E-state index in [1.807, 2.05) is 6.07 Å². The maximum atomic E-state index is 5.63. The zero-order valence-corrected chi connectivity index (χ0v) is 14.9. The minimum absolute atomic E-state index is 0.536. The fourth-order valence-corrected chi connectivity index (χ4v) is 3.59. The van der Waals surface area contributed by atoms with Crippen molar-refractivity contribution < 1.29 is 0 Å². The van der Waals surface area contributed by atoms with Crippen molar-refractivity contribution in [2.75, 3.05) is 11.9 Å². The molecule has 0 spiro atoms. The molecule has 0 radical (unpaired) electrons. The van der Waals surface area contributed by atoms with E-state index in [4.69, 9.17) is 12.2 Å². The molecule has 0 saturated carbocycles. The summed E-state index contributed by atoms with van der Waals surface area (Å²) in [6, 6.07) is 6.78. The zero-order chi connectivity index (χ0) is 14.7. The van der Waals surface area contributed by atoms with Crippen LogP contribution in [-0.2, 0) is 0 Å². The molecule has 1 fully saturated rings. The number of hydrogen-bond acceptors (Lipinski definition) is 1. The van der Waals surface area contributed by atoms with Crippen molar-refractivity contribution >= 4 is 38.9 Å². The highest BCUT2D eigenvalue weighted by Gasteiger charge is 2.26. The maximum Gasteiger partial charge on any atom is 0.173 e. The lowest BCUT2D eigenvalue weighted by Crippen LogP contribution is -2.47. The van der Waals surface area contributed by atoms with Gasteiger partial charge in [0, 0.05) is 22.7 Å². The van der Waals surface area contributed by atoms with Crippen LogP contribution in [0.1, 0.15) is 38.7 Å². The third kappa shape index (κ3) is 3.73. The van der Waals surface area contributed by atoms with Gasteiger partial charge in [0.15, 0.2) is 5.11 Å². The molecular formula is C16H23BrN2S. The van der Waals surface area contributed by atoms with E-state index >= 15 is 0 Å². The Bertz CT molecular complexity index is 489. The normalized spacial score (nSPS) is 22.7. The van der Waals surface area contributed by atoms with Crippen molar-refractivity contribution in [3.63, 3.8) is 0 Å². The van der Waals surface area contributed by atoms with Gasteiger partial charge in [-0.15, -0.1) is 0 Å². The van der Waals surface area contributed by atoms with Crippen LogP contribution in [0.15, 0.2) is 22.7 Å². The predicted octanol–water partition coefficient (Wildman–Crippen LogP) is 4.96. The standard InChI is InChI=1S/C16H23BrN2S/c1-4-13-6-5-12(3)19(10-13)16(20)18-15-8-7-14(17)9-11(15)2/h7-9,12-13H,4-6,10H2,1-3H3,(H,18,20)/t12-,13+/m1/s1. The van der Waals surface area contributed by atoms with Gasteiger partial charge in [-0.2, -0.15) is 0 Å². The first kappa shape index (κ1) is 15.8. The molecule has 1 saturated heterocycles. The second kappa shape index (κ2) is 6.90. The van der Waals surface area contributed by atoms with E-state index in [0.29, 0.717) is 6.04 Å². The summed E-state index contributed by atoms with van der Waals surface area (Å²) < 4.78 is 1.10. The molecule has 1 aromatic rings. The third-order valence-electron chi connectivity index (χ3n) is 4.25. The summed E-state index contributed by atoms with van der Waals surface area (Å²) in [5.74, 6) is 0.775. The Morgan fingerprint density at radius 3 is 2.85 bits per heavy atom. The van der Waals surface area contributed by atoms with Crippen molar-refractivity contribution in [3.8, 4) is 0 Å². The molecule has 4 heteroatoms. The van der Waals surface area contributed by atoms with Gasteiger partial charge in [-0.05, 0) is 68.6 Å². The van der Waals surface area contributed by atoms with E-state index in [1.165, 1.54) is 24.8 Å². The van der Waals surface area contributed by atoms with Crippen LogP contribution in [0.25, 0.3) is 0 Å². The fraction of sp³-hybridized carbons (Fsp3) is 0.562. The first-order chi connectivity index (χ1) is 9.51. The summed E-state index contributed by atoms with van der Waals surface area (Å²) in [6.07, 6.45) is 3.80. The lowest BCUT2D eigenvalue weighted by molar-refractivity contribution is 0.196. The molecule has 1 N–H and O–H groups in total. The molecule has 20 heavy (non-hydrogen) atoms. The van der Waals surface area contributed by atoms with E-state index in [-0.39, 0.29) is 0 Å². The largest absolute Gasteiger partial charge is 0.346 e. The van der Waals surface area contributed by atoms with E-state index in [0.717, 1.165) is 27.7 Å². The number of benzene rings is 1. The van der Waals surface area contributed by atoms with E-state index in [2.05, 4.69) is 59.1 Å². The number of rotatable bonds is 2. The van der Waals surface area contributed by atoms with E-state index < -0.39 is 0 Å². The molecule has 2 nitrogen and oxygen atoms in total. The van der Waals surface area contributed by atoms with Crippen molar-refractivity contribution in [2.45, 2.75) is 46.1 Å². The summed E-state index contributed by atoms with van der Waals surface area (Å²) in [5.41, 5.74) is 2.31. The second-order valence-corrected chi connectivity index (χ2v) is 7.04. The van der Waals surface area contributed by atoms with Gasteiger partial charge in [0.25, 0.3) is 0 Å². The molecule has 1 aromatic carbocycles. The molecule has 1 aliphatic rings. The van der Waals surface area contributed by atoms with Crippen LogP contribution in [-0.4, -0.2) is 22.6 Å². The SMILES string of the molecule is CC[C@H]1CC[C@@H](C)N(C(=S)Nc2ccc(Br)cc2C)C1. The Morgan fingerprint density at radius 2 is 2.20 bits per heavy atom. The van der Waals surface area contributed by atoms with Gasteiger partial charge in [-0.1, -0.05) is 29.3 Å². The smallest absolute Gasteiger partial charge is 0.173 e. The quantitative estimate of drug-likeness (QED) is 0.755.